The van der Waals surface area contributed by atoms with Crippen molar-refractivity contribution in [2.24, 2.45) is 0 Å². The van der Waals surface area contributed by atoms with Gasteiger partial charge in [0.15, 0.2) is 0 Å². The minimum absolute atomic E-state index is 0.361. The first-order chi connectivity index (χ1) is 11.3. The molecular formula is C18H27BClNO3. The minimum atomic E-state index is -0.422. The van der Waals surface area contributed by atoms with Crippen molar-refractivity contribution in [3.8, 4) is 0 Å². The fraction of sp³-hybridized carbons (Fsp3) is 0.722. The largest absolute Gasteiger partial charge is 0.496 e. The van der Waals surface area contributed by atoms with Gasteiger partial charge in [-0.25, -0.2) is 0 Å². The average Bonchev–Trinajstić information content (AvgIpc) is 2.68. The third-order valence-corrected chi connectivity index (χ3v) is 5.81. The number of hydrogen-bond acceptors (Lipinski definition) is 4. The molecule has 0 aliphatic carbocycles. The van der Waals surface area contributed by atoms with Gasteiger partial charge in [-0.05, 0) is 53.0 Å². The molecule has 0 radical (unpaired) electrons. The third kappa shape index (κ3) is 3.64. The molecule has 2 saturated heterocycles. The van der Waals surface area contributed by atoms with Gasteiger partial charge >= 0.3 is 7.12 Å². The summed E-state index contributed by atoms with van der Waals surface area (Å²) >= 11 is 6.56. The van der Waals surface area contributed by atoms with Gasteiger partial charge in [-0.3, -0.25) is 4.98 Å². The Balaban J connectivity index is 1.78. The zero-order valence-corrected chi connectivity index (χ0v) is 15.9. The lowest BCUT2D eigenvalue weighted by Gasteiger charge is -2.32. The van der Waals surface area contributed by atoms with E-state index in [-0.39, 0.29) is 11.2 Å². The summed E-state index contributed by atoms with van der Waals surface area (Å²) in [6.45, 7) is 9.84. The standard InChI is InChI=1S/C18H27BClNO3/c1-17(2)18(3,4)24-19(23-17)14-11-15(20)16(21-12-14)13-7-5-6-9-22-10-8-13/h11-13H,5-10H2,1-4H3. The van der Waals surface area contributed by atoms with Gasteiger partial charge in [-0.15, -0.1) is 0 Å². The highest BCUT2D eigenvalue weighted by Gasteiger charge is 2.51. The zero-order valence-electron chi connectivity index (χ0n) is 15.1. The van der Waals surface area contributed by atoms with Crippen LogP contribution in [0.5, 0.6) is 0 Å². The van der Waals surface area contributed by atoms with Crippen LogP contribution in [-0.4, -0.2) is 36.5 Å². The minimum Gasteiger partial charge on any atom is -0.399 e. The number of aromatic nitrogens is 1. The highest BCUT2D eigenvalue weighted by atomic mass is 35.5. The van der Waals surface area contributed by atoms with Crippen molar-refractivity contribution in [3.05, 3.63) is 23.0 Å². The zero-order chi connectivity index (χ0) is 17.4. The van der Waals surface area contributed by atoms with Gasteiger partial charge in [0.1, 0.15) is 0 Å². The first kappa shape index (κ1) is 18.2. The van der Waals surface area contributed by atoms with E-state index in [4.69, 9.17) is 25.6 Å². The first-order valence-corrected chi connectivity index (χ1v) is 9.27. The van der Waals surface area contributed by atoms with Crippen molar-refractivity contribution in [2.75, 3.05) is 13.2 Å². The summed E-state index contributed by atoms with van der Waals surface area (Å²) in [4.78, 5) is 4.67. The van der Waals surface area contributed by atoms with Crippen LogP contribution in [0.2, 0.25) is 5.02 Å². The van der Waals surface area contributed by atoms with Crippen molar-refractivity contribution in [1.29, 1.82) is 0 Å². The Bertz CT molecular complexity index is 570. The Kier molecular flexibility index (Phi) is 5.26. The van der Waals surface area contributed by atoms with Gasteiger partial charge in [0.25, 0.3) is 0 Å². The molecule has 1 aromatic heterocycles. The Morgan fingerprint density at radius 1 is 1.08 bits per heavy atom. The molecule has 3 rings (SSSR count). The van der Waals surface area contributed by atoms with Crippen LogP contribution >= 0.6 is 11.6 Å². The molecule has 6 heteroatoms. The molecule has 3 heterocycles. The Labute approximate surface area is 150 Å². The number of rotatable bonds is 2. The van der Waals surface area contributed by atoms with E-state index >= 15 is 0 Å². The van der Waals surface area contributed by atoms with Gasteiger partial charge in [0.05, 0.1) is 21.9 Å². The predicted octanol–water partition coefficient (Wildman–Crippen LogP) is 3.71. The number of halogens is 1. The Morgan fingerprint density at radius 2 is 1.79 bits per heavy atom. The molecule has 24 heavy (non-hydrogen) atoms. The van der Waals surface area contributed by atoms with Crippen LogP contribution in [0, 0.1) is 0 Å². The fourth-order valence-electron chi connectivity index (χ4n) is 3.21. The molecule has 2 aliphatic rings. The van der Waals surface area contributed by atoms with E-state index in [0.29, 0.717) is 10.9 Å². The van der Waals surface area contributed by atoms with Crippen molar-refractivity contribution in [2.45, 2.75) is 70.5 Å². The van der Waals surface area contributed by atoms with Gasteiger partial charge in [-0.2, -0.15) is 0 Å². The van der Waals surface area contributed by atoms with Crippen LogP contribution in [0.1, 0.15) is 65.0 Å². The summed E-state index contributed by atoms with van der Waals surface area (Å²) in [6.07, 6.45) is 6.21. The molecule has 4 nitrogen and oxygen atoms in total. The monoisotopic (exact) mass is 351 g/mol. The van der Waals surface area contributed by atoms with E-state index in [9.17, 15) is 0 Å². The van der Waals surface area contributed by atoms with Crippen molar-refractivity contribution in [3.63, 3.8) is 0 Å². The average molecular weight is 352 g/mol. The van der Waals surface area contributed by atoms with Crippen LogP contribution in [0.15, 0.2) is 12.3 Å². The maximum absolute atomic E-state index is 6.56. The molecule has 2 fully saturated rings. The van der Waals surface area contributed by atoms with Crippen molar-refractivity contribution in [1.82, 2.24) is 4.98 Å². The molecule has 1 unspecified atom stereocenters. The molecule has 0 aromatic carbocycles. The molecule has 0 spiro atoms. The lowest BCUT2D eigenvalue weighted by Crippen LogP contribution is -2.41. The second-order valence-corrected chi connectivity index (χ2v) is 8.22. The fourth-order valence-corrected chi connectivity index (χ4v) is 3.54. The second kappa shape index (κ2) is 6.95. The van der Waals surface area contributed by atoms with Gasteiger partial charge < -0.3 is 14.0 Å². The number of nitrogens with zero attached hydrogens (tertiary/aromatic N) is 1. The summed E-state index contributed by atoms with van der Waals surface area (Å²) in [7, 11) is -0.422. The van der Waals surface area contributed by atoms with Crippen LogP contribution in [0.3, 0.4) is 0 Å². The first-order valence-electron chi connectivity index (χ1n) is 8.89. The molecule has 2 aliphatic heterocycles. The van der Waals surface area contributed by atoms with Crippen LogP contribution < -0.4 is 5.46 Å². The molecule has 0 bridgehead atoms. The SMILES string of the molecule is CC1(C)OB(c2cnc(C3CCCCOCC3)c(Cl)c2)OC1(C)C. The molecule has 0 N–H and O–H groups in total. The van der Waals surface area contributed by atoms with Gasteiger partial charge in [0.2, 0.25) is 0 Å². The van der Waals surface area contributed by atoms with E-state index in [1.54, 1.807) is 0 Å². The summed E-state index contributed by atoms with van der Waals surface area (Å²) < 4.78 is 17.8. The Morgan fingerprint density at radius 3 is 2.46 bits per heavy atom. The number of hydrogen-bond donors (Lipinski definition) is 0. The third-order valence-electron chi connectivity index (χ3n) is 5.50. The molecule has 0 amide bonds. The van der Waals surface area contributed by atoms with E-state index in [0.717, 1.165) is 50.1 Å². The number of pyridine rings is 1. The number of ether oxygens (including phenoxy) is 1. The van der Waals surface area contributed by atoms with Crippen molar-refractivity contribution >= 4 is 24.2 Å². The maximum Gasteiger partial charge on any atom is 0.496 e. The van der Waals surface area contributed by atoms with Crippen LogP contribution in [-0.2, 0) is 14.0 Å². The highest BCUT2D eigenvalue weighted by molar-refractivity contribution is 6.62. The lowest BCUT2D eigenvalue weighted by atomic mass is 9.80. The van der Waals surface area contributed by atoms with E-state index in [1.165, 1.54) is 0 Å². The van der Waals surface area contributed by atoms with Gasteiger partial charge in [0, 0.05) is 30.8 Å². The molecule has 132 valence electrons. The van der Waals surface area contributed by atoms with Crippen LogP contribution in [0.4, 0.5) is 0 Å². The predicted molar refractivity (Wildman–Crippen MR) is 97.0 cm³/mol. The normalized spacial score (nSPS) is 26.9. The molecule has 1 aromatic rings. The summed E-state index contributed by atoms with van der Waals surface area (Å²) in [5, 5.41) is 0.702. The van der Waals surface area contributed by atoms with E-state index in [2.05, 4.69) is 4.98 Å². The van der Waals surface area contributed by atoms with Crippen molar-refractivity contribution < 1.29 is 14.0 Å². The summed E-state index contributed by atoms with van der Waals surface area (Å²) in [5.41, 5.74) is 1.13. The van der Waals surface area contributed by atoms with E-state index < -0.39 is 7.12 Å². The maximum atomic E-state index is 6.56. The molecule has 1 atom stereocenters. The second-order valence-electron chi connectivity index (χ2n) is 7.82. The molecule has 0 saturated carbocycles. The smallest absolute Gasteiger partial charge is 0.399 e. The van der Waals surface area contributed by atoms with E-state index in [1.807, 2.05) is 40.0 Å². The Hall–Kier alpha value is -0.615. The topological polar surface area (TPSA) is 40.6 Å². The lowest BCUT2D eigenvalue weighted by molar-refractivity contribution is 0.00578. The van der Waals surface area contributed by atoms with Crippen LogP contribution in [0.25, 0.3) is 0 Å². The quantitative estimate of drug-likeness (QED) is 0.762. The molecular weight excluding hydrogens is 324 g/mol. The summed E-state index contributed by atoms with van der Waals surface area (Å²) in [5.74, 6) is 0.366. The van der Waals surface area contributed by atoms with Gasteiger partial charge in [-0.1, -0.05) is 18.0 Å². The summed E-state index contributed by atoms with van der Waals surface area (Å²) in [6, 6.07) is 1.95. The highest BCUT2D eigenvalue weighted by Crippen LogP contribution is 2.37.